The summed E-state index contributed by atoms with van der Waals surface area (Å²) in [7, 11) is 1.69. The maximum absolute atomic E-state index is 12.8. The zero-order valence-electron chi connectivity index (χ0n) is 15.8. The normalized spacial score (nSPS) is 11.1. The standard InChI is InChI=1S/C21H23N3O2S/c1-15(2)24(13-16-9-5-4-6-10-16)19(25)14-27-21-22-18-12-8-7-11-17(18)20(26)23(21)3/h4-12,15H,13-14H2,1-3H3. The average molecular weight is 382 g/mol. The van der Waals surface area contributed by atoms with E-state index in [1.165, 1.54) is 16.3 Å². The lowest BCUT2D eigenvalue weighted by molar-refractivity contribution is -0.130. The first-order valence-corrected chi connectivity index (χ1v) is 9.88. The summed E-state index contributed by atoms with van der Waals surface area (Å²) in [5, 5.41) is 1.14. The molecule has 0 unspecified atom stereocenters. The van der Waals surface area contributed by atoms with Crippen LogP contribution in [0.1, 0.15) is 19.4 Å². The molecule has 0 fully saturated rings. The molecule has 0 spiro atoms. The van der Waals surface area contributed by atoms with Crippen LogP contribution in [0.4, 0.5) is 0 Å². The maximum atomic E-state index is 12.8. The molecule has 3 rings (SSSR count). The van der Waals surface area contributed by atoms with E-state index in [1.807, 2.05) is 67.3 Å². The molecule has 0 saturated carbocycles. The molecule has 0 radical (unpaired) electrons. The third-order valence-electron chi connectivity index (χ3n) is 4.41. The molecule has 0 bridgehead atoms. The van der Waals surface area contributed by atoms with Gasteiger partial charge >= 0.3 is 0 Å². The number of thioether (sulfide) groups is 1. The Kier molecular flexibility index (Phi) is 5.96. The summed E-state index contributed by atoms with van der Waals surface area (Å²) in [6.45, 7) is 4.59. The quantitative estimate of drug-likeness (QED) is 0.485. The van der Waals surface area contributed by atoms with Crippen LogP contribution >= 0.6 is 11.8 Å². The Morgan fingerprint density at radius 2 is 1.78 bits per heavy atom. The lowest BCUT2D eigenvalue weighted by Gasteiger charge is -2.27. The molecule has 2 aromatic carbocycles. The lowest BCUT2D eigenvalue weighted by Crippen LogP contribution is -2.37. The number of carbonyl (C=O) groups excluding carboxylic acids is 1. The Morgan fingerprint density at radius 3 is 2.48 bits per heavy atom. The van der Waals surface area contributed by atoms with Crippen molar-refractivity contribution < 1.29 is 4.79 Å². The van der Waals surface area contributed by atoms with Gasteiger partial charge in [-0.1, -0.05) is 54.2 Å². The number of carbonyl (C=O) groups is 1. The molecule has 0 aliphatic heterocycles. The summed E-state index contributed by atoms with van der Waals surface area (Å²) in [6, 6.07) is 17.3. The fourth-order valence-electron chi connectivity index (χ4n) is 2.87. The number of fused-ring (bicyclic) bond motifs is 1. The predicted molar refractivity (Wildman–Crippen MR) is 110 cm³/mol. The van der Waals surface area contributed by atoms with E-state index in [1.54, 1.807) is 13.1 Å². The Balaban J connectivity index is 1.76. The van der Waals surface area contributed by atoms with Crippen molar-refractivity contribution in [2.24, 2.45) is 7.05 Å². The molecule has 0 saturated heterocycles. The molecule has 140 valence electrons. The largest absolute Gasteiger partial charge is 0.335 e. The monoisotopic (exact) mass is 381 g/mol. The molecule has 0 N–H and O–H groups in total. The molecule has 5 nitrogen and oxygen atoms in total. The molecular formula is C21H23N3O2S. The SMILES string of the molecule is CC(C)N(Cc1ccccc1)C(=O)CSc1nc2ccccc2c(=O)n1C. The van der Waals surface area contributed by atoms with Crippen LogP contribution in [0.2, 0.25) is 0 Å². The first kappa shape index (κ1) is 19.2. The van der Waals surface area contributed by atoms with Crippen LogP contribution < -0.4 is 5.56 Å². The third-order valence-corrected chi connectivity index (χ3v) is 5.42. The van der Waals surface area contributed by atoms with Gasteiger partial charge in [-0.2, -0.15) is 0 Å². The fraction of sp³-hybridized carbons (Fsp3) is 0.286. The molecule has 1 heterocycles. The number of nitrogens with zero attached hydrogens (tertiary/aromatic N) is 3. The molecule has 3 aromatic rings. The molecule has 0 aliphatic carbocycles. The van der Waals surface area contributed by atoms with Gasteiger partial charge in [0.2, 0.25) is 5.91 Å². The van der Waals surface area contributed by atoms with E-state index in [0.717, 1.165) is 5.56 Å². The first-order chi connectivity index (χ1) is 13.0. The van der Waals surface area contributed by atoms with Crippen molar-refractivity contribution in [2.45, 2.75) is 31.6 Å². The minimum Gasteiger partial charge on any atom is -0.335 e. The van der Waals surface area contributed by atoms with Crippen molar-refractivity contribution in [3.63, 3.8) is 0 Å². The van der Waals surface area contributed by atoms with Gasteiger partial charge in [0.1, 0.15) is 0 Å². The second-order valence-corrected chi connectivity index (χ2v) is 7.61. The number of para-hydroxylation sites is 1. The molecular weight excluding hydrogens is 358 g/mol. The van der Waals surface area contributed by atoms with Crippen LogP contribution in [0, 0.1) is 0 Å². The number of aromatic nitrogens is 2. The summed E-state index contributed by atoms with van der Waals surface area (Å²) < 4.78 is 1.51. The minimum atomic E-state index is -0.0967. The highest BCUT2D eigenvalue weighted by Gasteiger charge is 2.19. The zero-order chi connectivity index (χ0) is 19.4. The third kappa shape index (κ3) is 4.39. The van der Waals surface area contributed by atoms with Gasteiger partial charge < -0.3 is 4.90 Å². The van der Waals surface area contributed by atoms with E-state index in [-0.39, 0.29) is 23.3 Å². The van der Waals surface area contributed by atoms with Crippen LogP contribution in [-0.2, 0) is 18.4 Å². The maximum Gasteiger partial charge on any atom is 0.261 e. The topological polar surface area (TPSA) is 55.2 Å². The molecule has 0 atom stereocenters. The second-order valence-electron chi connectivity index (χ2n) is 6.67. The zero-order valence-corrected chi connectivity index (χ0v) is 16.6. The van der Waals surface area contributed by atoms with E-state index < -0.39 is 0 Å². The Hall–Kier alpha value is -2.60. The van der Waals surface area contributed by atoms with E-state index in [9.17, 15) is 9.59 Å². The molecule has 1 amide bonds. The predicted octanol–water partition coefficient (Wildman–Crippen LogP) is 3.46. The summed E-state index contributed by atoms with van der Waals surface area (Å²) in [5.41, 5.74) is 1.65. The van der Waals surface area contributed by atoms with Crippen LogP contribution in [0.3, 0.4) is 0 Å². The van der Waals surface area contributed by atoms with Crippen LogP contribution in [0.15, 0.2) is 64.5 Å². The summed E-state index contributed by atoms with van der Waals surface area (Å²) in [5.74, 6) is 0.269. The van der Waals surface area contributed by atoms with E-state index >= 15 is 0 Å². The number of hydrogen-bond acceptors (Lipinski definition) is 4. The molecule has 6 heteroatoms. The summed E-state index contributed by atoms with van der Waals surface area (Å²) in [6.07, 6.45) is 0. The smallest absolute Gasteiger partial charge is 0.261 e. The van der Waals surface area contributed by atoms with Gasteiger partial charge in [0.15, 0.2) is 5.16 Å². The Labute approximate surface area is 163 Å². The van der Waals surface area contributed by atoms with Crippen molar-refractivity contribution in [2.75, 3.05) is 5.75 Å². The van der Waals surface area contributed by atoms with Gasteiger partial charge in [0, 0.05) is 19.6 Å². The van der Waals surface area contributed by atoms with Gasteiger partial charge in [-0.15, -0.1) is 0 Å². The number of rotatable bonds is 6. The van der Waals surface area contributed by atoms with Crippen LogP contribution in [0.5, 0.6) is 0 Å². The highest BCUT2D eigenvalue weighted by molar-refractivity contribution is 7.99. The highest BCUT2D eigenvalue weighted by Crippen LogP contribution is 2.19. The van der Waals surface area contributed by atoms with Crippen molar-refractivity contribution >= 4 is 28.6 Å². The number of hydrogen-bond donors (Lipinski definition) is 0. The van der Waals surface area contributed by atoms with Crippen molar-refractivity contribution in [1.82, 2.24) is 14.5 Å². The van der Waals surface area contributed by atoms with E-state index in [4.69, 9.17) is 0 Å². The van der Waals surface area contributed by atoms with Gasteiger partial charge in [0.25, 0.3) is 5.56 Å². The van der Waals surface area contributed by atoms with Gasteiger partial charge in [-0.05, 0) is 31.5 Å². The van der Waals surface area contributed by atoms with Gasteiger partial charge in [0.05, 0.1) is 16.7 Å². The van der Waals surface area contributed by atoms with Crippen molar-refractivity contribution in [1.29, 1.82) is 0 Å². The molecule has 1 aromatic heterocycles. The fourth-order valence-corrected chi connectivity index (χ4v) is 3.73. The Bertz CT molecular complexity index is 999. The molecule has 0 aliphatic rings. The summed E-state index contributed by atoms with van der Waals surface area (Å²) >= 11 is 1.30. The average Bonchev–Trinajstić information content (AvgIpc) is 2.68. The Morgan fingerprint density at radius 1 is 1.11 bits per heavy atom. The van der Waals surface area contributed by atoms with E-state index in [0.29, 0.717) is 22.6 Å². The lowest BCUT2D eigenvalue weighted by atomic mass is 10.2. The molecule has 27 heavy (non-hydrogen) atoms. The van der Waals surface area contributed by atoms with E-state index in [2.05, 4.69) is 4.98 Å². The number of benzene rings is 2. The van der Waals surface area contributed by atoms with Crippen LogP contribution in [0.25, 0.3) is 10.9 Å². The van der Waals surface area contributed by atoms with Crippen LogP contribution in [-0.4, -0.2) is 32.2 Å². The van der Waals surface area contributed by atoms with Crippen molar-refractivity contribution in [3.05, 3.63) is 70.5 Å². The van der Waals surface area contributed by atoms with Gasteiger partial charge in [-0.3, -0.25) is 14.2 Å². The first-order valence-electron chi connectivity index (χ1n) is 8.89. The number of amides is 1. The van der Waals surface area contributed by atoms with Crippen molar-refractivity contribution in [3.8, 4) is 0 Å². The second kappa shape index (κ2) is 8.39. The minimum absolute atomic E-state index is 0.0289. The summed E-state index contributed by atoms with van der Waals surface area (Å²) in [4.78, 5) is 31.7. The highest BCUT2D eigenvalue weighted by atomic mass is 32.2. The van der Waals surface area contributed by atoms with Gasteiger partial charge in [-0.25, -0.2) is 4.98 Å².